The minimum Gasteiger partial charge on any atom is -0.455 e. The number of hydrogen-bond donors (Lipinski definition) is 2. The van der Waals surface area contributed by atoms with Gasteiger partial charge in [-0.3, -0.25) is 9.59 Å². The number of benzene rings is 2. The van der Waals surface area contributed by atoms with E-state index in [1.165, 1.54) is 0 Å². The summed E-state index contributed by atoms with van der Waals surface area (Å²) in [5.74, 6) is 0.286. The average molecular weight is 564 g/mol. The third kappa shape index (κ3) is 4.45. The van der Waals surface area contributed by atoms with Crippen LogP contribution in [0.25, 0.3) is 10.9 Å². The van der Waals surface area contributed by atoms with Gasteiger partial charge in [0.1, 0.15) is 11.5 Å². The summed E-state index contributed by atoms with van der Waals surface area (Å²) in [6.07, 6.45) is 2.21. The van der Waals surface area contributed by atoms with Gasteiger partial charge in [-0.15, -0.1) is 0 Å². The van der Waals surface area contributed by atoms with Crippen LogP contribution >= 0.6 is 22.6 Å². The van der Waals surface area contributed by atoms with Crippen LogP contribution in [-0.2, 0) is 6.42 Å². The first-order chi connectivity index (χ1) is 16.5. The predicted octanol–water partition coefficient (Wildman–Crippen LogP) is 5.46. The lowest BCUT2D eigenvalue weighted by Crippen LogP contribution is -2.23. The van der Waals surface area contributed by atoms with Crippen molar-refractivity contribution in [2.45, 2.75) is 26.2 Å². The Balaban J connectivity index is 1.37. The zero-order chi connectivity index (χ0) is 23.7. The second-order valence-electron chi connectivity index (χ2n) is 8.06. The maximum atomic E-state index is 12.9. The number of nitrogens with one attached hydrogen (secondary N) is 2. The lowest BCUT2D eigenvalue weighted by Gasteiger charge is -2.13. The fourth-order valence-electron chi connectivity index (χ4n) is 4.09. The number of fused-ring (bicyclic) bond motifs is 2. The van der Waals surface area contributed by atoms with Gasteiger partial charge in [0.25, 0.3) is 11.8 Å². The van der Waals surface area contributed by atoms with Gasteiger partial charge in [0.05, 0.1) is 11.2 Å². The molecule has 0 unspecified atom stereocenters. The van der Waals surface area contributed by atoms with E-state index in [1.54, 1.807) is 6.07 Å². The molecule has 170 valence electrons. The maximum absolute atomic E-state index is 12.9. The van der Waals surface area contributed by atoms with Gasteiger partial charge in [-0.05, 0) is 78.8 Å². The number of halogens is 1. The molecular formula is C26H21IN4O3. The van der Waals surface area contributed by atoms with Crippen LogP contribution in [0.1, 0.15) is 50.8 Å². The Morgan fingerprint density at radius 3 is 2.62 bits per heavy atom. The number of pyridine rings is 1. The van der Waals surface area contributed by atoms with Gasteiger partial charge in [-0.25, -0.2) is 10.4 Å². The summed E-state index contributed by atoms with van der Waals surface area (Å²) < 4.78 is 7.03. The Kier molecular flexibility index (Phi) is 6.14. The fraction of sp³-hybridized carbons (Fsp3) is 0.154. The minimum atomic E-state index is -0.386. The number of rotatable bonds is 4. The Hall–Kier alpha value is -3.53. The minimum absolute atomic E-state index is 0.265. The van der Waals surface area contributed by atoms with Gasteiger partial charge in [-0.1, -0.05) is 24.3 Å². The number of anilines is 1. The first-order valence-electron chi connectivity index (χ1n) is 10.9. The van der Waals surface area contributed by atoms with Crippen molar-refractivity contribution in [2.24, 2.45) is 5.10 Å². The molecule has 0 saturated heterocycles. The average Bonchev–Trinajstić information content (AvgIpc) is 3.20. The first-order valence-corrected chi connectivity index (χ1v) is 12.0. The van der Waals surface area contributed by atoms with Gasteiger partial charge in [0, 0.05) is 32.2 Å². The van der Waals surface area contributed by atoms with Crippen LogP contribution in [-0.4, -0.2) is 22.5 Å². The van der Waals surface area contributed by atoms with Crippen molar-refractivity contribution in [1.82, 2.24) is 10.4 Å². The van der Waals surface area contributed by atoms with Crippen molar-refractivity contribution in [3.63, 3.8) is 0 Å². The van der Waals surface area contributed by atoms with Gasteiger partial charge in [-0.2, -0.15) is 5.10 Å². The zero-order valence-electron chi connectivity index (χ0n) is 18.4. The van der Waals surface area contributed by atoms with Crippen molar-refractivity contribution >= 4 is 56.7 Å². The second-order valence-corrected chi connectivity index (χ2v) is 9.30. The second kappa shape index (κ2) is 9.38. The molecule has 34 heavy (non-hydrogen) atoms. The van der Waals surface area contributed by atoms with Crippen molar-refractivity contribution < 1.29 is 14.0 Å². The zero-order valence-corrected chi connectivity index (χ0v) is 20.5. The first kappa shape index (κ1) is 22.3. The highest BCUT2D eigenvalue weighted by molar-refractivity contribution is 14.1. The summed E-state index contributed by atoms with van der Waals surface area (Å²) in [5, 5.41) is 8.24. The number of para-hydroxylation sites is 1. The number of carbonyl (C=O) groups excluding carboxylic acids is 2. The number of nitrogens with zero attached hydrogens (tertiary/aromatic N) is 2. The van der Waals surface area contributed by atoms with Crippen molar-refractivity contribution in [1.29, 1.82) is 0 Å². The molecule has 0 spiro atoms. The van der Waals surface area contributed by atoms with E-state index in [9.17, 15) is 9.59 Å². The van der Waals surface area contributed by atoms with E-state index in [0.29, 0.717) is 35.7 Å². The lowest BCUT2D eigenvalue weighted by molar-refractivity contribution is 0.0949. The summed E-state index contributed by atoms with van der Waals surface area (Å²) in [6, 6.07) is 18.7. The molecule has 0 fully saturated rings. The Labute approximate surface area is 209 Å². The topological polar surface area (TPSA) is 96.6 Å². The van der Waals surface area contributed by atoms with Gasteiger partial charge < -0.3 is 9.73 Å². The third-order valence-corrected chi connectivity index (χ3v) is 6.48. The van der Waals surface area contributed by atoms with Crippen molar-refractivity contribution in [3.8, 4) is 0 Å². The van der Waals surface area contributed by atoms with E-state index >= 15 is 0 Å². The van der Waals surface area contributed by atoms with E-state index in [-0.39, 0.29) is 17.6 Å². The van der Waals surface area contributed by atoms with Crippen LogP contribution in [0.5, 0.6) is 0 Å². The summed E-state index contributed by atoms with van der Waals surface area (Å²) in [7, 11) is 0. The molecule has 2 heterocycles. The number of aryl methyl sites for hydroxylation is 1. The molecule has 1 aliphatic rings. The van der Waals surface area contributed by atoms with Crippen LogP contribution in [0.2, 0.25) is 0 Å². The lowest BCUT2D eigenvalue weighted by atomic mass is 9.93. The summed E-state index contributed by atoms with van der Waals surface area (Å²) in [6.45, 7) is 1.85. The van der Waals surface area contributed by atoms with Gasteiger partial charge in [0.15, 0.2) is 5.76 Å². The number of hydrazone groups is 1. The number of hydrogen-bond acceptors (Lipinski definition) is 5. The summed E-state index contributed by atoms with van der Waals surface area (Å²) >= 11 is 2.21. The van der Waals surface area contributed by atoms with Crippen LogP contribution in [0.15, 0.2) is 70.2 Å². The molecule has 0 atom stereocenters. The molecule has 0 saturated carbocycles. The Morgan fingerprint density at radius 2 is 1.79 bits per heavy atom. The number of carbonyl (C=O) groups is 2. The molecule has 4 aromatic rings. The van der Waals surface area contributed by atoms with Crippen LogP contribution in [0.3, 0.4) is 0 Å². The molecule has 2 N–H and O–H groups in total. The van der Waals surface area contributed by atoms with Crippen LogP contribution in [0, 0.1) is 10.5 Å². The van der Waals surface area contributed by atoms with E-state index in [4.69, 9.17) is 4.42 Å². The number of amides is 2. The fourth-order valence-corrected chi connectivity index (χ4v) is 4.45. The van der Waals surface area contributed by atoms with E-state index in [2.05, 4.69) is 43.4 Å². The largest absolute Gasteiger partial charge is 0.455 e. The quantitative estimate of drug-likeness (QED) is 0.254. The molecule has 0 bridgehead atoms. The Bertz CT molecular complexity index is 1440. The monoisotopic (exact) mass is 564 g/mol. The maximum Gasteiger partial charge on any atom is 0.291 e. The smallest absolute Gasteiger partial charge is 0.291 e. The van der Waals surface area contributed by atoms with E-state index in [0.717, 1.165) is 32.0 Å². The molecule has 1 aliphatic carbocycles. The molecule has 2 amide bonds. The SMILES string of the molecule is Cc1c(C(=O)Nc2ccc(I)cc2)oc2c1/C(=N/NC(=O)c1ccc3ccccc3n1)CCC2. The molecular weight excluding hydrogens is 543 g/mol. The molecule has 2 aromatic heterocycles. The van der Waals surface area contributed by atoms with E-state index < -0.39 is 0 Å². The normalized spacial score (nSPS) is 14.1. The molecule has 8 heteroatoms. The van der Waals surface area contributed by atoms with Gasteiger partial charge in [0.2, 0.25) is 0 Å². The van der Waals surface area contributed by atoms with Gasteiger partial charge >= 0.3 is 0 Å². The highest BCUT2D eigenvalue weighted by atomic mass is 127. The molecule has 0 radical (unpaired) electrons. The highest BCUT2D eigenvalue weighted by Crippen LogP contribution is 2.30. The van der Waals surface area contributed by atoms with Crippen molar-refractivity contribution in [3.05, 3.63) is 92.6 Å². The Morgan fingerprint density at radius 1 is 1.00 bits per heavy atom. The standard InChI is InChI=1S/C26H21IN4O3/c1-15-23-20(30-31-25(32)21-14-9-16-5-2-3-6-19(16)29-21)7-4-8-22(23)34-24(15)26(33)28-18-12-10-17(27)11-13-18/h2-3,5-6,9-14H,4,7-8H2,1H3,(H,28,33)(H,31,32)/b30-20+. The van der Waals surface area contributed by atoms with E-state index in [1.807, 2.05) is 61.5 Å². The molecule has 2 aromatic carbocycles. The summed E-state index contributed by atoms with van der Waals surface area (Å²) in [4.78, 5) is 30.0. The molecule has 5 rings (SSSR count). The number of furan rings is 1. The number of aromatic nitrogens is 1. The van der Waals surface area contributed by atoms with Crippen molar-refractivity contribution in [2.75, 3.05) is 5.32 Å². The molecule has 7 nitrogen and oxygen atoms in total. The summed E-state index contributed by atoms with van der Waals surface area (Å²) in [5.41, 5.74) is 6.58. The van der Waals surface area contributed by atoms with Crippen LogP contribution < -0.4 is 10.7 Å². The molecule has 0 aliphatic heterocycles. The highest BCUT2D eigenvalue weighted by Gasteiger charge is 2.28. The van der Waals surface area contributed by atoms with Crippen LogP contribution in [0.4, 0.5) is 5.69 Å². The third-order valence-electron chi connectivity index (χ3n) is 5.76. The predicted molar refractivity (Wildman–Crippen MR) is 139 cm³/mol.